The van der Waals surface area contributed by atoms with Gasteiger partial charge in [0.25, 0.3) is 0 Å². The van der Waals surface area contributed by atoms with E-state index in [0.29, 0.717) is 18.4 Å². The number of carbonyl (C=O) groups is 5. The van der Waals surface area contributed by atoms with Crippen LogP contribution in [0.3, 0.4) is 0 Å². The molecule has 0 radical (unpaired) electrons. The Morgan fingerprint density at radius 3 is 2.50 bits per heavy atom. The van der Waals surface area contributed by atoms with Gasteiger partial charge in [-0.25, -0.2) is 0 Å². The van der Waals surface area contributed by atoms with Gasteiger partial charge in [0.15, 0.2) is 11.6 Å². The highest BCUT2D eigenvalue weighted by Gasteiger charge is 2.50. The van der Waals surface area contributed by atoms with Gasteiger partial charge < -0.3 is 19.9 Å². The van der Waals surface area contributed by atoms with E-state index in [1.807, 2.05) is 6.92 Å². The molecule has 2 aliphatic heterocycles. The molecular formula is C29H31NO8. The minimum absolute atomic E-state index is 0.0234. The minimum Gasteiger partial charge on any atom is -0.496 e. The van der Waals surface area contributed by atoms with E-state index in [1.54, 1.807) is 13.0 Å². The summed E-state index contributed by atoms with van der Waals surface area (Å²) in [5, 5.41) is 13.1. The van der Waals surface area contributed by atoms with Crippen molar-refractivity contribution in [2.24, 2.45) is 11.3 Å². The molecular weight excluding hydrogens is 490 g/mol. The van der Waals surface area contributed by atoms with Crippen molar-refractivity contribution in [2.45, 2.75) is 59.2 Å². The molecule has 200 valence electrons. The highest BCUT2D eigenvalue weighted by atomic mass is 16.6. The molecule has 2 bridgehead atoms. The second-order valence-corrected chi connectivity index (χ2v) is 10.1. The molecule has 0 saturated heterocycles. The summed E-state index contributed by atoms with van der Waals surface area (Å²) in [6, 6.07) is 1.46. The number of amides is 1. The maximum absolute atomic E-state index is 14.2. The first kappa shape index (κ1) is 27.2. The van der Waals surface area contributed by atoms with Crippen LogP contribution in [0.5, 0.6) is 5.75 Å². The first-order chi connectivity index (χ1) is 17.9. The van der Waals surface area contributed by atoms with Crippen molar-refractivity contribution in [2.75, 3.05) is 7.11 Å². The van der Waals surface area contributed by atoms with E-state index in [0.717, 1.165) is 6.08 Å². The fourth-order valence-electron chi connectivity index (χ4n) is 5.17. The van der Waals surface area contributed by atoms with Gasteiger partial charge in [0.05, 0.1) is 18.4 Å². The van der Waals surface area contributed by atoms with Crippen LogP contribution in [0.1, 0.15) is 76.7 Å². The summed E-state index contributed by atoms with van der Waals surface area (Å²) >= 11 is 0. The van der Waals surface area contributed by atoms with Gasteiger partial charge in [0.2, 0.25) is 11.7 Å². The number of carbonyl (C=O) groups excluding carboxylic acids is 5. The van der Waals surface area contributed by atoms with Gasteiger partial charge in [-0.1, -0.05) is 25.2 Å². The van der Waals surface area contributed by atoms with Crippen molar-refractivity contribution in [1.29, 1.82) is 0 Å². The van der Waals surface area contributed by atoms with Gasteiger partial charge in [-0.2, -0.15) is 0 Å². The quantitative estimate of drug-likeness (QED) is 0.447. The lowest BCUT2D eigenvalue weighted by molar-refractivity contribution is -0.158. The number of aliphatic hydroxyl groups is 1. The van der Waals surface area contributed by atoms with E-state index in [4.69, 9.17) is 9.47 Å². The van der Waals surface area contributed by atoms with Crippen LogP contribution >= 0.6 is 0 Å². The van der Waals surface area contributed by atoms with Crippen LogP contribution < -0.4 is 10.1 Å². The number of esters is 1. The average molecular weight is 522 g/mol. The maximum atomic E-state index is 14.2. The van der Waals surface area contributed by atoms with Crippen LogP contribution in [0.15, 0.2) is 41.6 Å². The highest BCUT2D eigenvalue weighted by Crippen LogP contribution is 2.44. The van der Waals surface area contributed by atoms with Gasteiger partial charge in [0.1, 0.15) is 23.4 Å². The number of Topliss-reactive ketones (excluding diaryl/α,β-unsaturated/α-hetero) is 3. The summed E-state index contributed by atoms with van der Waals surface area (Å²) in [5.41, 5.74) is -2.28. The topological polar surface area (TPSA) is 136 Å². The SMILES string of the molecule is CCC1/C=C/C(O)C(C)OC(=O)C2(C)C=CC(=O)NC3=C2C(=O)c2c(cc(C)c(OC)c2C(=O)CC1)C3=O. The number of benzene rings is 1. The molecule has 9 heteroatoms. The Balaban J connectivity index is 2.04. The Kier molecular flexibility index (Phi) is 7.25. The van der Waals surface area contributed by atoms with Crippen LogP contribution in [0, 0.1) is 18.3 Å². The summed E-state index contributed by atoms with van der Waals surface area (Å²) in [5.74, 6) is -3.37. The van der Waals surface area contributed by atoms with Crippen molar-refractivity contribution in [3.05, 3.63) is 63.9 Å². The number of cyclic esters (lactones) is 1. The lowest BCUT2D eigenvalue weighted by Gasteiger charge is -2.32. The van der Waals surface area contributed by atoms with E-state index in [-0.39, 0.29) is 51.8 Å². The number of rotatable bonds is 2. The standard InChI is InChI=1S/C29H31NO8/c1-6-16-7-9-18(31)15(3)38-28(36)29(4)12-11-20(33)30-24-23(29)26(35)21-17(25(24)34)13-14(2)27(37-5)22(21)19(32)10-8-16/h7,9,11-13,15-16,18,31H,6,8,10H2,1-5H3,(H,30,33)/b9-7+. The molecule has 4 rings (SSSR count). The normalized spacial score (nSPS) is 28.7. The summed E-state index contributed by atoms with van der Waals surface area (Å²) in [4.78, 5) is 67.8. The average Bonchev–Trinajstić information content (AvgIpc) is 3.02. The van der Waals surface area contributed by atoms with Crippen molar-refractivity contribution in [3.63, 3.8) is 0 Å². The molecule has 0 fully saturated rings. The number of allylic oxidation sites excluding steroid dienone is 2. The first-order valence-electron chi connectivity index (χ1n) is 12.6. The van der Waals surface area contributed by atoms with Crippen LogP contribution in [-0.4, -0.2) is 53.7 Å². The van der Waals surface area contributed by atoms with Gasteiger partial charge >= 0.3 is 5.97 Å². The van der Waals surface area contributed by atoms with Gasteiger partial charge in [0, 0.05) is 29.2 Å². The first-order valence-corrected chi connectivity index (χ1v) is 12.6. The Morgan fingerprint density at radius 1 is 1.13 bits per heavy atom. The second-order valence-electron chi connectivity index (χ2n) is 10.1. The molecule has 1 amide bonds. The monoisotopic (exact) mass is 521 g/mol. The molecule has 9 nitrogen and oxygen atoms in total. The Morgan fingerprint density at radius 2 is 1.84 bits per heavy atom. The number of aliphatic hydroxyl groups excluding tert-OH is 1. The molecule has 1 aromatic rings. The lowest BCUT2D eigenvalue weighted by Crippen LogP contribution is -2.42. The van der Waals surface area contributed by atoms with Crippen molar-refractivity contribution in [1.82, 2.24) is 5.32 Å². The number of methoxy groups -OCH3 is 1. The summed E-state index contributed by atoms with van der Waals surface area (Å²) < 4.78 is 11.1. The van der Waals surface area contributed by atoms with E-state index >= 15 is 0 Å². The van der Waals surface area contributed by atoms with Crippen LogP contribution in [0.25, 0.3) is 0 Å². The fourth-order valence-corrected chi connectivity index (χ4v) is 5.17. The van der Waals surface area contributed by atoms with Crippen LogP contribution in [-0.2, 0) is 14.3 Å². The van der Waals surface area contributed by atoms with Crippen molar-refractivity contribution >= 4 is 29.2 Å². The Bertz CT molecular complexity index is 1350. The van der Waals surface area contributed by atoms with Crippen molar-refractivity contribution in [3.8, 4) is 5.75 Å². The molecule has 2 heterocycles. The lowest BCUT2D eigenvalue weighted by atomic mass is 9.71. The smallest absolute Gasteiger partial charge is 0.320 e. The number of hydrogen-bond acceptors (Lipinski definition) is 8. The maximum Gasteiger partial charge on any atom is 0.320 e. The molecule has 0 saturated carbocycles. The zero-order valence-corrected chi connectivity index (χ0v) is 22.0. The summed E-state index contributed by atoms with van der Waals surface area (Å²) in [7, 11) is 1.38. The van der Waals surface area contributed by atoms with E-state index < -0.39 is 41.1 Å². The number of hydrogen-bond donors (Lipinski definition) is 2. The zero-order chi connectivity index (χ0) is 27.9. The predicted octanol–water partition coefficient (Wildman–Crippen LogP) is 3.18. The minimum atomic E-state index is -1.87. The van der Waals surface area contributed by atoms with Gasteiger partial charge in [-0.3, -0.25) is 24.0 Å². The molecule has 0 aromatic heterocycles. The largest absolute Gasteiger partial charge is 0.496 e. The molecule has 4 unspecified atom stereocenters. The third kappa shape index (κ3) is 4.41. The molecule has 3 aliphatic rings. The highest BCUT2D eigenvalue weighted by molar-refractivity contribution is 6.32. The third-order valence-corrected chi connectivity index (χ3v) is 7.50. The van der Waals surface area contributed by atoms with E-state index in [9.17, 15) is 29.1 Å². The Labute approximate surface area is 220 Å². The molecule has 2 N–H and O–H groups in total. The summed E-state index contributed by atoms with van der Waals surface area (Å²) in [6.45, 7) is 6.48. The number of ketones is 3. The molecule has 38 heavy (non-hydrogen) atoms. The van der Waals surface area contributed by atoms with Crippen molar-refractivity contribution < 1.29 is 38.6 Å². The number of nitrogens with one attached hydrogen (secondary N) is 1. The van der Waals surface area contributed by atoms with E-state index in [1.165, 1.54) is 39.2 Å². The van der Waals surface area contributed by atoms with Crippen LogP contribution in [0.2, 0.25) is 0 Å². The third-order valence-electron chi connectivity index (χ3n) is 7.50. The molecule has 1 aromatic carbocycles. The summed E-state index contributed by atoms with van der Waals surface area (Å²) in [6.07, 6.45) is 4.58. The van der Waals surface area contributed by atoms with E-state index in [2.05, 4.69) is 5.32 Å². The zero-order valence-electron chi connectivity index (χ0n) is 22.0. The van der Waals surface area contributed by atoms with Crippen LogP contribution in [0.4, 0.5) is 0 Å². The number of ether oxygens (including phenoxy) is 2. The second kappa shape index (κ2) is 10.1. The fraction of sp³-hybridized carbons (Fsp3) is 0.414. The Hall–Kier alpha value is -3.85. The van der Waals surface area contributed by atoms with Gasteiger partial charge in [-0.05, 0) is 51.2 Å². The molecule has 1 aliphatic carbocycles. The number of aryl methyl sites for hydroxylation is 1. The molecule has 4 atom stereocenters. The molecule has 0 spiro atoms. The predicted molar refractivity (Wildman–Crippen MR) is 137 cm³/mol. The van der Waals surface area contributed by atoms with Gasteiger partial charge in [-0.15, -0.1) is 0 Å².